The number of rotatable bonds is 5. The molecule has 0 aliphatic carbocycles. The van der Waals surface area contributed by atoms with E-state index in [2.05, 4.69) is 10.1 Å². The van der Waals surface area contributed by atoms with Gasteiger partial charge in [0.05, 0.1) is 5.56 Å². The third-order valence-electron chi connectivity index (χ3n) is 5.16. The third kappa shape index (κ3) is 5.43. The number of hydrogen-bond acceptors (Lipinski definition) is 5. The molecule has 0 radical (unpaired) electrons. The van der Waals surface area contributed by atoms with Gasteiger partial charge in [-0.3, -0.25) is 9.59 Å². The molecule has 8 heteroatoms. The van der Waals surface area contributed by atoms with Gasteiger partial charge in [0.25, 0.3) is 5.91 Å². The predicted octanol–water partition coefficient (Wildman–Crippen LogP) is 3.20. The normalized spacial score (nSPS) is 15.2. The van der Waals surface area contributed by atoms with E-state index < -0.39 is 5.82 Å². The molecule has 0 atom stereocenters. The van der Waals surface area contributed by atoms with Crippen LogP contribution < -0.4 is 0 Å². The molecule has 0 spiro atoms. The van der Waals surface area contributed by atoms with Gasteiger partial charge in [-0.2, -0.15) is 4.98 Å². The van der Waals surface area contributed by atoms with Crippen molar-refractivity contribution in [2.24, 2.45) is 0 Å². The average Bonchev–Trinajstić information content (AvgIpc) is 3.04. The zero-order chi connectivity index (χ0) is 21.7. The molecule has 2 aromatic rings. The average molecular weight is 416 g/mol. The van der Waals surface area contributed by atoms with Crippen molar-refractivity contribution in [2.75, 3.05) is 26.2 Å². The quantitative estimate of drug-likeness (QED) is 0.748. The van der Waals surface area contributed by atoms with Crippen molar-refractivity contribution in [1.29, 1.82) is 0 Å². The van der Waals surface area contributed by atoms with Crippen LogP contribution in [0.3, 0.4) is 0 Å². The topological polar surface area (TPSA) is 79.5 Å². The van der Waals surface area contributed by atoms with Gasteiger partial charge in [-0.15, -0.1) is 0 Å². The first-order chi connectivity index (χ1) is 14.3. The van der Waals surface area contributed by atoms with E-state index in [1.807, 2.05) is 20.8 Å². The monoisotopic (exact) mass is 416 g/mol. The Balaban J connectivity index is 1.48. The maximum atomic E-state index is 13.9. The first-order valence-electron chi connectivity index (χ1n) is 10.4. The van der Waals surface area contributed by atoms with Crippen molar-refractivity contribution >= 4 is 11.8 Å². The van der Waals surface area contributed by atoms with Crippen molar-refractivity contribution in [3.05, 3.63) is 47.4 Å². The van der Waals surface area contributed by atoms with Crippen LogP contribution in [0.5, 0.6) is 0 Å². The van der Waals surface area contributed by atoms with Gasteiger partial charge in [-0.05, 0) is 25.0 Å². The third-order valence-corrected chi connectivity index (χ3v) is 5.16. The molecule has 30 heavy (non-hydrogen) atoms. The van der Waals surface area contributed by atoms with E-state index in [0.717, 1.165) is 0 Å². The minimum absolute atomic E-state index is 0.0470. The summed E-state index contributed by atoms with van der Waals surface area (Å²) < 4.78 is 19.2. The molecule has 0 unspecified atom stereocenters. The summed E-state index contributed by atoms with van der Waals surface area (Å²) >= 11 is 0. The van der Waals surface area contributed by atoms with E-state index in [-0.39, 0.29) is 22.8 Å². The Morgan fingerprint density at radius 2 is 1.80 bits per heavy atom. The van der Waals surface area contributed by atoms with Crippen molar-refractivity contribution in [1.82, 2.24) is 19.9 Å². The molecule has 1 aromatic carbocycles. The fourth-order valence-corrected chi connectivity index (χ4v) is 3.38. The molecular weight excluding hydrogens is 387 g/mol. The molecule has 0 saturated carbocycles. The summed E-state index contributed by atoms with van der Waals surface area (Å²) in [5, 5.41) is 4.00. The minimum Gasteiger partial charge on any atom is -0.341 e. The summed E-state index contributed by atoms with van der Waals surface area (Å²) in [6.07, 6.45) is 2.23. The molecule has 1 aliphatic heterocycles. The van der Waals surface area contributed by atoms with Gasteiger partial charge in [0.1, 0.15) is 5.82 Å². The fraction of sp³-hybridized carbons (Fsp3) is 0.545. The molecule has 2 amide bonds. The Bertz CT molecular complexity index is 891. The molecule has 2 heterocycles. The molecule has 1 aromatic heterocycles. The van der Waals surface area contributed by atoms with Crippen LogP contribution in [0.4, 0.5) is 4.39 Å². The lowest BCUT2D eigenvalue weighted by Crippen LogP contribution is -2.37. The maximum Gasteiger partial charge on any atom is 0.256 e. The lowest BCUT2D eigenvalue weighted by atomic mass is 9.96. The number of aryl methyl sites for hydroxylation is 1. The van der Waals surface area contributed by atoms with Gasteiger partial charge in [0.2, 0.25) is 11.8 Å². The van der Waals surface area contributed by atoms with Gasteiger partial charge >= 0.3 is 0 Å². The first kappa shape index (κ1) is 21.9. The molecule has 1 aliphatic rings. The zero-order valence-corrected chi connectivity index (χ0v) is 17.9. The Morgan fingerprint density at radius 3 is 2.50 bits per heavy atom. The molecular formula is C22H29FN4O3. The van der Waals surface area contributed by atoms with Gasteiger partial charge in [-0.25, -0.2) is 4.39 Å². The summed E-state index contributed by atoms with van der Waals surface area (Å²) in [7, 11) is 0. The van der Waals surface area contributed by atoms with Crippen molar-refractivity contribution in [2.45, 2.75) is 51.9 Å². The second-order valence-electron chi connectivity index (χ2n) is 8.62. The van der Waals surface area contributed by atoms with Crippen molar-refractivity contribution in [3.8, 4) is 0 Å². The Kier molecular flexibility index (Phi) is 6.84. The van der Waals surface area contributed by atoms with Gasteiger partial charge < -0.3 is 14.3 Å². The standard InChI is InChI=1S/C22H29FN4O3/c1-22(2,3)21-24-18(30-25-21)10-6-11-19(28)26-12-7-13-27(15-14-26)20(29)16-8-4-5-9-17(16)23/h4-5,8-9H,6-7,10-15H2,1-3H3. The van der Waals surface area contributed by atoms with E-state index in [1.54, 1.807) is 21.9 Å². The Morgan fingerprint density at radius 1 is 1.10 bits per heavy atom. The minimum atomic E-state index is -0.518. The molecule has 7 nitrogen and oxygen atoms in total. The molecule has 3 rings (SSSR count). The highest BCUT2D eigenvalue weighted by molar-refractivity contribution is 5.94. The molecule has 1 fully saturated rings. The second kappa shape index (κ2) is 9.36. The van der Waals surface area contributed by atoms with Gasteiger partial charge in [-0.1, -0.05) is 38.1 Å². The number of nitrogens with zero attached hydrogens (tertiary/aromatic N) is 4. The lowest BCUT2D eigenvalue weighted by molar-refractivity contribution is -0.131. The van der Waals surface area contributed by atoms with Gasteiger partial charge in [0, 0.05) is 44.4 Å². The second-order valence-corrected chi connectivity index (χ2v) is 8.62. The summed E-state index contributed by atoms with van der Waals surface area (Å²) in [5.41, 5.74) is -0.0956. The lowest BCUT2D eigenvalue weighted by Gasteiger charge is -2.22. The number of aromatic nitrogens is 2. The van der Waals surface area contributed by atoms with E-state index >= 15 is 0 Å². The van der Waals surface area contributed by atoms with Crippen LogP contribution in [0.1, 0.15) is 62.1 Å². The largest absolute Gasteiger partial charge is 0.341 e. The van der Waals surface area contributed by atoms with Crippen LogP contribution in [-0.2, 0) is 16.6 Å². The van der Waals surface area contributed by atoms with Crippen molar-refractivity contribution < 1.29 is 18.5 Å². The highest BCUT2D eigenvalue weighted by Crippen LogP contribution is 2.19. The molecule has 0 N–H and O–H groups in total. The number of carbonyl (C=O) groups is 2. The number of carbonyl (C=O) groups excluding carboxylic acids is 2. The maximum absolute atomic E-state index is 13.9. The van der Waals surface area contributed by atoms with Crippen LogP contribution in [0.15, 0.2) is 28.8 Å². The number of benzene rings is 1. The van der Waals surface area contributed by atoms with Gasteiger partial charge in [0.15, 0.2) is 5.82 Å². The van der Waals surface area contributed by atoms with E-state index in [0.29, 0.717) is 63.6 Å². The highest BCUT2D eigenvalue weighted by atomic mass is 19.1. The van der Waals surface area contributed by atoms with E-state index in [4.69, 9.17) is 4.52 Å². The Labute approximate surface area is 176 Å². The highest BCUT2D eigenvalue weighted by Gasteiger charge is 2.24. The van der Waals surface area contributed by atoms with Crippen LogP contribution >= 0.6 is 0 Å². The van der Waals surface area contributed by atoms with Crippen LogP contribution in [-0.4, -0.2) is 57.9 Å². The predicted molar refractivity (Wildman–Crippen MR) is 109 cm³/mol. The SMILES string of the molecule is CC(C)(C)c1noc(CCCC(=O)N2CCCN(C(=O)c3ccccc3F)CC2)n1. The first-order valence-corrected chi connectivity index (χ1v) is 10.4. The van der Waals surface area contributed by atoms with Crippen molar-refractivity contribution in [3.63, 3.8) is 0 Å². The number of halogens is 1. The van der Waals surface area contributed by atoms with Crippen LogP contribution in [0.25, 0.3) is 0 Å². The summed E-state index contributed by atoms with van der Waals surface area (Å²) in [4.78, 5) is 33.0. The summed E-state index contributed by atoms with van der Waals surface area (Å²) in [6, 6.07) is 5.99. The molecule has 162 valence electrons. The number of hydrogen-bond donors (Lipinski definition) is 0. The van der Waals surface area contributed by atoms with Crippen LogP contribution in [0, 0.1) is 5.82 Å². The molecule has 1 saturated heterocycles. The number of amides is 2. The zero-order valence-electron chi connectivity index (χ0n) is 17.9. The summed E-state index contributed by atoms with van der Waals surface area (Å²) in [5.74, 6) is 0.413. The fourth-order valence-electron chi connectivity index (χ4n) is 3.38. The van der Waals surface area contributed by atoms with Crippen LogP contribution in [0.2, 0.25) is 0 Å². The Hall–Kier alpha value is -2.77. The smallest absolute Gasteiger partial charge is 0.256 e. The van der Waals surface area contributed by atoms with E-state index in [9.17, 15) is 14.0 Å². The van der Waals surface area contributed by atoms with E-state index in [1.165, 1.54) is 12.1 Å². The summed E-state index contributed by atoms with van der Waals surface area (Å²) in [6.45, 7) is 8.01. The molecule has 0 bridgehead atoms.